The molecule has 2 aromatic carbocycles. The Labute approximate surface area is 613 Å². The summed E-state index contributed by atoms with van der Waals surface area (Å²) in [7, 11) is 0. The van der Waals surface area contributed by atoms with E-state index in [1.54, 1.807) is 6.07 Å². The third-order valence-electron chi connectivity index (χ3n) is 15.1. The van der Waals surface area contributed by atoms with E-state index in [1.165, 1.54) is 44.2 Å². The maximum atomic E-state index is 13.3. The van der Waals surface area contributed by atoms with Gasteiger partial charge in [-0.05, 0) is 61.1 Å². The van der Waals surface area contributed by atoms with Gasteiger partial charge in [-0.25, -0.2) is 10.7 Å². The van der Waals surface area contributed by atoms with Crippen LogP contribution in [0.25, 0.3) is 0 Å². The Bertz CT molecular complexity index is 2850. The highest BCUT2D eigenvalue weighted by Crippen LogP contribution is 2.30. The lowest BCUT2D eigenvalue weighted by atomic mass is 9.99. The Kier molecular flexibility index (Phi) is 48.2. The number of hydrogen-bond donors (Lipinski definition) is 11. The van der Waals surface area contributed by atoms with E-state index in [0.29, 0.717) is 50.2 Å². The zero-order valence-electron chi connectivity index (χ0n) is 59.9. The highest BCUT2D eigenvalue weighted by Gasteiger charge is 2.48. The molecule has 2 aromatic rings. The monoisotopic (exact) mass is 1520 g/mol. The van der Waals surface area contributed by atoms with Crippen molar-refractivity contribution in [2.24, 2.45) is 5.90 Å². The molecule has 0 unspecified atom stereocenters. The first-order chi connectivity index (χ1) is 51.2. The predicted molar refractivity (Wildman–Crippen MR) is 361 cm³/mol. The number of hydrogen-bond acceptors (Lipinski definition) is 34. The second-order valence-electron chi connectivity index (χ2n) is 23.5. The molecular weight excluding hydrogens is 1420 g/mol. The summed E-state index contributed by atoms with van der Waals surface area (Å²) in [5.41, 5.74) is 0.957. The van der Waals surface area contributed by atoms with Crippen LogP contribution in [0.2, 0.25) is 0 Å². The summed E-state index contributed by atoms with van der Waals surface area (Å²) in [6, 6.07) is 7.83. The summed E-state index contributed by atoms with van der Waals surface area (Å²) < 4.78 is 98.0. The zero-order chi connectivity index (χ0) is 77.1. The van der Waals surface area contributed by atoms with E-state index in [2.05, 4.69) is 20.8 Å². The molecule has 2 saturated heterocycles. The number of nitrogens with two attached hydrogens (primary N) is 1. The number of rotatable bonds is 62. The van der Waals surface area contributed by atoms with Crippen molar-refractivity contribution in [1.82, 2.24) is 16.0 Å². The van der Waals surface area contributed by atoms with Crippen LogP contribution in [-0.2, 0) is 123 Å². The number of nitrogens with one attached hydrogen (secondary N) is 3. The first-order valence-electron chi connectivity index (χ1n) is 34.8. The van der Waals surface area contributed by atoms with Gasteiger partial charge in [-0.3, -0.25) is 33.6 Å². The van der Waals surface area contributed by atoms with Gasteiger partial charge in [0.25, 0.3) is 5.91 Å². The fourth-order valence-electron chi connectivity index (χ4n) is 9.56. The Balaban J connectivity index is 0.989. The Morgan fingerprint density at radius 3 is 1.43 bits per heavy atom. The lowest BCUT2D eigenvalue weighted by molar-refractivity contribution is -0.271. The van der Waals surface area contributed by atoms with E-state index >= 15 is 0 Å². The highest BCUT2D eigenvalue weighted by molar-refractivity contribution is 5.99. The summed E-state index contributed by atoms with van der Waals surface area (Å²) in [5, 5.41) is 78.4. The molecule has 602 valence electrons. The van der Waals surface area contributed by atoms with Gasteiger partial charge in [0.1, 0.15) is 74.6 Å². The lowest BCUT2D eigenvalue weighted by Gasteiger charge is -2.38. The van der Waals surface area contributed by atoms with Crippen LogP contribution in [0, 0.1) is 0 Å². The van der Waals surface area contributed by atoms with Crippen LogP contribution in [0.5, 0.6) is 11.5 Å². The number of benzene rings is 2. The average Bonchev–Trinajstić information content (AvgIpc) is 0.783. The van der Waals surface area contributed by atoms with E-state index in [4.69, 9.17) is 91.2 Å². The molecule has 12 N–H and O–H groups in total. The van der Waals surface area contributed by atoms with Crippen LogP contribution in [-0.4, -0.2) is 329 Å². The Morgan fingerprint density at radius 1 is 0.481 bits per heavy atom. The van der Waals surface area contributed by atoms with Gasteiger partial charge in [0, 0.05) is 53.0 Å². The van der Waals surface area contributed by atoms with E-state index in [0.717, 1.165) is 0 Å². The first kappa shape index (κ1) is 91.7. The van der Waals surface area contributed by atoms with E-state index in [1.807, 2.05) is 0 Å². The van der Waals surface area contributed by atoms with E-state index < -0.39 is 91.1 Å². The van der Waals surface area contributed by atoms with Crippen molar-refractivity contribution in [2.45, 2.75) is 127 Å². The number of carbonyl (C=O) groups excluding carboxylic acids is 7. The molecule has 2 aliphatic heterocycles. The average molecular weight is 1520 g/mol. The molecule has 2 fully saturated rings. The van der Waals surface area contributed by atoms with Gasteiger partial charge >= 0.3 is 17.9 Å². The van der Waals surface area contributed by atoms with Crippen LogP contribution < -0.4 is 31.3 Å². The van der Waals surface area contributed by atoms with Gasteiger partial charge < -0.3 is 142 Å². The number of Topliss-reactive ketones (excluding diaryl/α,β-unsaturated/α-hetero) is 2. The van der Waals surface area contributed by atoms with Crippen molar-refractivity contribution < 1.29 is 164 Å². The zero-order valence-corrected chi connectivity index (χ0v) is 59.9. The molecule has 38 heteroatoms. The largest absolute Gasteiger partial charge is 0.479 e. The van der Waals surface area contributed by atoms with Crippen LogP contribution in [0.1, 0.15) is 84.2 Å². The molecule has 4 rings (SSSR count). The van der Waals surface area contributed by atoms with Crippen LogP contribution >= 0.6 is 0 Å². The normalized spacial score (nSPS) is 19.6. The minimum absolute atomic E-state index is 0.0311. The number of carboxylic acids is 1. The summed E-state index contributed by atoms with van der Waals surface area (Å²) in [5.74, 6) is 0.0971. The van der Waals surface area contributed by atoms with Crippen molar-refractivity contribution in [3.63, 3.8) is 0 Å². The minimum Gasteiger partial charge on any atom is -0.479 e. The van der Waals surface area contributed by atoms with Crippen molar-refractivity contribution >= 4 is 47.2 Å². The SMILES string of the molecule is CC(=O)OCc1ccc(O[C@@H]2OC[C@@H](O)[C@H](O)[C@H]2O)c(C(=O)CCCOCCOCCOCCOCCOCC(=O)N[C@@H](CCCNC(=O)COCCOCCOCCOCCOCCNC(=O)c2cc(COC(C)=O)ccc2O[C@@H]2O[C@H](C(=O)O)[C@@H](O)[C@H](O)[C@H]2O)C(=O)CCCOCCOCCON)c1. The number of carbonyl (C=O) groups is 8. The van der Waals surface area contributed by atoms with Gasteiger partial charge in [-0.2, -0.15) is 0 Å². The van der Waals surface area contributed by atoms with Gasteiger partial charge in [0.05, 0.1) is 163 Å². The smallest absolute Gasteiger partial charge is 0.335 e. The molecule has 38 nitrogen and oxygen atoms in total. The molecule has 0 aromatic heterocycles. The van der Waals surface area contributed by atoms with Crippen LogP contribution in [0.3, 0.4) is 0 Å². The third kappa shape index (κ3) is 38.9. The van der Waals surface area contributed by atoms with Crippen LogP contribution in [0.4, 0.5) is 0 Å². The first-order valence-corrected chi connectivity index (χ1v) is 34.8. The fraction of sp³-hybridized carbons (Fsp3) is 0.706. The number of aliphatic carboxylic acids is 1. The van der Waals surface area contributed by atoms with Crippen LogP contribution in [0.15, 0.2) is 36.4 Å². The maximum Gasteiger partial charge on any atom is 0.335 e. The fourth-order valence-corrected chi connectivity index (χ4v) is 9.56. The number of esters is 2. The number of ether oxygens (including phenoxy) is 18. The second-order valence-corrected chi connectivity index (χ2v) is 23.5. The highest BCUT2D eigenvalue weighted by atomic mass is 16.7. The quantitative estimate of drug-likeness (QED) is 0.0137. The van der Waals surface area contributed by atoms with Crippen molar-refractivity contribution in [3.8, 4) is 11.5 Å². The summed E-state index contributed by atoms with van der Waals surface area (Å²) in [6.07, 6.45) is -13.7. The predicted octanol–water partition coefficient (Wildman–Crippen LogP) is -2.89. The van der Waals surface area contributed by atoms with Gasteiger partial charge in [0.2, 0.25) is 24.4 Å². The van der Waals surface area contributed by atoms with Gasteiger partial charge in [0.15, 0.2) is 17.7 Å². The molecule has 3 amide bonds. The molecule has 2 heterocycles. The second kappa shape index (κ2) is 55.7. The maximum absolute atomic E-state index is 13.3. The Morgan fingerprint density at radius 2 is 0.925 bits per heavy atom. The van der Waals surface area contributed by atoms with E-state index in [-0.39, 0.29) is 238 Å². The molecule has 0 bridgehead atoms. The molecule has 10 atom stereocenters. The van der Waals surface area contributed by atoms with E-state index in [9.17, 15) is 74.1 Å². The van der Waals surface area contributed by atoms with Gasteiger partial charge in [-0.1, -0.05) is 12.1 Å². The Hall–Kier alpha value is -6.68. The van der Waals surface area contributed by atoms with Crippen molar-refractivity contribution in [3.05, 3.63) is 58.7 Å². The number of aliphatic hydroxyl groups excluding tert-OH is 6. The molecule has 0 spiro atoms. The standard InChI is InChI=1S/C68H106N4O34/c1-45(73)100-40-47-9-11-55(104-67-62(83)59(80)54(77)42-102-67)49(38-47)52(75)7-4-15-88-18-21-91-24-26-93-29-31-96-33-35-99-44-58(79)72-51(53(76)8-5-16-89-19-22-97-36-37-103-69)6-3-13-70-57(78)43-98-34-32-95-30-28-94-27-25-92-23-20-90-17-14-71-65(85)50-39-48(41-101-46(2)74)10-12-56(50)105-68-63(84)60(81)61(82)64(106-68)66(86)87/h9-12,38-39,51,54,59-64,67-68,77,80-84H,3-8,13-37,40-44,69H2,1-2H3,(H,70,78)(H,71,85)(H,72,79)(H,86,87)/t51-,54+,59-,60-,61-,62+,63+,64-,67-,68+/m0/s1. The number of amides is 3. The lowest BCUT2D eigenvalue weighted by Crippen LogP contribution is -2.61. The number of ketones is 2. The molecule has 0 radical (unpaired) electrons. The minimum atomic E-state index is -1.95. The summed E-state index contributed by atoms with van der Waals surface area (Å²) in [4.78, 5) is 104. The summed E-state index contributed by atoms with van der Waals surface area (Å²) >= 11 is 0. The molecule has 0 aliphatic carbocycles. The molecular formula is C68H106N4O34. The topological polar surface area (TPSA) is 516 Å². The molecule has 0 saturated carbocycles. The molecule has 106 heavy (non-hydrogen) atoms. The number of carboxylic acid groups (broad SMARTS) is 1. The van der Waals surface area contributed by atoms with Crippen molar-refractivity contribution in [2.75, 3.05) is 185 Å². The number of aliphatic hydroxyl groups is 6. The molecule has 2 aliphatic rings. The van der Waals surface area contributed by atoms with Gasteiger partial charge in [-0.15, -0.1) is 0 Å². The summed E-state index contributed by atoms with van der Waals surface area (Å²) in [6.45, 7) is 7.02. The third-order valence-corrected chi connectivity index (χ3v) is 15.1. The van der Waals surface area contributed by atoms with Crippen molar-refractivity contribution in [1.29, 1.82) is 0 Å².